The van der Waals surface area contributed by atoms with Crippen molar-refractivity contribution in [2.75, 3.05) is 6.54 Å². The molecular formula is C12H16BrNO3. The number of hydrogen-bond acceptors (Lipinski definition) is 3. The number of carbonyl (C=O) groups is 1. The Labute approximate surface area is 109 Å². The number of halogens is 1. The zero-order valence-corrected chi connectivity index (χ0v) is 11.4. The Morgan fingerprint density at radius 3 is 2.53 bits per heavy atom. The molecule has 1 unspecified atom stereocenters. The molecule has 0 aromatic heterocycles. The first kappa shape index (κ1) is 13.8. The summed E-state index contributed by atoms with van der Waals surface area (Å²) in [6.45, 7) is 4.62. The molecule has 94 valence electrons. The minimum Gasteiger partial charge on any atom is -0.504 e. The van der Waals surface area contributed by atoms with Crippen LogP contribution in [0.1, 0.15) is 24.2 Å². The highest BCUT2D eigenvalue weighted by atomic mass is 79.9. The monoisotopic (exact) mass is 301 g/mol. The highest BCUT2D eigenvalue weighted by Crippen LogP contribution is 2.24. The van der Waals surface area contributed by atoms with E-state index in [0.717, 1.165) is 0 Å². The molecule has 4 nitrogen and oxygen atoms in total. The van der Waals surface area contributed by atoms with Crippen molar-refractivity contribution in [2.45, 2.75) is 18.7 Å². The van der Waals surface area contributed by atoms with Crippen LogP contribution in [0, 0.1) is 5.92 Å². The van der Waals surface area contributed by atoms with Crippen molar-refractivity contribution in [1.82, 2.24) is 5.32 Å². The molecule has 0 saturated carbocycles. The van der Waals surface area contributed by atoms with Crippen LogP contribution in [-0.4, -0.2) is 27.5 Å². The third-order valence-electron chi connectivity index (χ3n) is 2.42. The first-order valence-corrected chi connectivity index (χ1v) is 6.27. The van der Waals surface area contributed by atoms with Crippen molar-refractivity contribution in [2.24, 2.45) is 5.92 Å². The van der Waals surface area contributed by atoms with Crippen LogP contribution in [-0.2, 0) is 0 Å². The van der Waals surface area contributed by atoms with Gasteiger partial charge in [0, 0.05) is 16.9 Å². The van der Waals surface area contributed by atoms with Gasteiger partial charge in [-0.25, -0.2) is 0 Å². The van der Waals surface area contributed by atoms with Crippen LogP contribution in [0.25, 0.3) is 0 Å². The molecule has 0 aliphatic carbocycles. The highest BCUT2D eigenvalue weighted by Gasteiger charge is 2.12. The summed E-state index contributed by atoms with van der Waals surface area (Å²) < 4.78 is 0. The van der Waals surface area contributed by atoms with Gasteiger partial charge in [0.15, 0.2) is 11.5 Å². The molecule has 0 bridgehead atoms. The Balaban J connectivity index is 2.61. The van der Waals surface area contributed by atoms with Gasteiger partial charge in [-0.2, -0.15) is 0 Å². The van der Waals surface area contributed by atoms with Crippen molar-refractivity contribution >= 4 is 21.8 Å². The minimum atomic E-state index is -0.295. The Kier molecular flexibility index (Phi) is 4.81. The summed E-state index contributed by atoms with van der Waals surface area (Å²) in [6.07, 6.45) is 0. The van der Waals surface area contributed by atoms with Gasteiger partial charge in [0.2, 0.25) is 0 Å². The molecule has 1 aromatic carbocycles. The Morgan fingerprint density at radius 2 is 2.00 bits per heavy atom. The number of carbonyl (C=O) groups excluding carboxylic acids is 1. The van der Waals surface area contributed by atoms with Gasteiger partial charge in [0.1, 0.15) is 0 Å². The number of aromatic hydroxyl groups is 2. The highest BCUT2D eigenvalue weighted by molar-refractivity contribution is 9.09. The smallest absolute Gasteiger partial charge is 0.251 e. The molecule has 1 rings (SSSR count). The fraction of sp³-hybridized carbons (Fsp3) is 0.417. The lowest BCUT2D eigenvalue weighted by molar-refractivity contribution is 0.0952. The van der Waals surface area contributed by atoms with Crippen LogP contribution < -0.4 is 5.32 Å². The number of amides is 1. The summed E-state index contributed by atoms with van der Waals surface area (Å²) >= 11 is 3.47. The Bertz CT molecular complexity index is 407. The number of alkyl halides is 1. The second kappa shape index (κ2) is 5.91. The number of phenols is 2. The predicted molar refractivity (Wildman–Crippen MR) is 69.7 cm³/mol. The van der Waals surface area contributed by atoms with Gasteiger partial charge in [-0.15, -0.1) is 0 Å². The zero-order chi connectivity index (χ0) is 13.0. The van der Waals surface area contributed by atoms with Crippen LogP contribution >= 0.6 is 15.9 Å². The van der Waals surface area contributed by atoms with E-state index in [1.54, 1.807) is 0 Å². The van der Waals surface area contributed by atoms with Crippen molar-refractivity contribution in [1.29, 1.82) is 0 Å². The topological polar surface area (TPSA) is 69.6 Å². The molecule has 1 amide bonds. The first-order valence-electron chi connectivity index (χ1n) is 5.36. The number of nitrogens with one attached hydrogen (secondary N) is 1. The first-order chi connectivity index (χ1) is 7.91. The van der Waals surface area contributed by atoms with E-state index in [-0.39, 0.29) is 22.2 Å². The van der Waals surface area contributed by atoms with E-state index in [0.29, 0.717) is 18.0 Å². The van der Waals surface area contributed by atoms with Crippen LogP contribution in [0.3, 0.4) is 0 Å². The number of phenolic OH excluding ortho intramolecular Hbond substituents is 2. The summed E-state index contributed by atoms with van der Waals surface area (Å²) in [5.74, 6) is -0.382. The summed E-state index contributed by atoms with van der Waals surface area (Å²) in [4.78, 5) is 11.9. The van der Waals surface area contributed by atoms with Gasteiger partial charge in [-0.3, -0.25) is 4.79 Å². The van der Waals surface area contributed by atoms with Crippen LogP contribution in [0.4, 0.5) is 0 Å². The lowest BCUT2D eigenvalue weighted by atomic mass is 10.1. The number of rotatable bonds is 4. The van der Waals surface area contributed by atoms with Crippen LogP contribution in [0.2, 0.25) is 0 Å². The van der Waals surface area contributed by atoms with E-state index >= 15 is 0 Å². The molecular weight excluding hydrogens is 286 g/mol. The van der Waals surface area contributed by atoms with Gasteiger partial charge in [0.25, 0.3) is 5.91 Å². The summed E-state index contributed by atoms with van der Waals surface area (Å²) in [5.41, 5.74) is 0.323. The van der Waals surface area contributed by atoms with Crippen molar-refractivity contribution in [3.05, 3.63) is 23.8 Å². The lowest BCUT2D eigenvalue weighted by Crippen LogP contribution is -2.31. The summed E-state index contributed by atoms with van der Waals surface area (Å²) in [6, 6.07) is 3.99. The fourth-order valence-electron chi connectivity index (χ4n) is 1.19. The molecule has 3 N–H and O–H groups in total. The van der Waals surface area contributed by atoms with E-state index in [9.17, 15) is 9.90 Å². The standard InChI is InChI=1S/C12H16BrNO3/c1-7(2)9(13)6-14-12(17)8-3-4-10(15)11(16)5-8/h3-5,7,9,15-16H,6H2,1-2H3,(H,14,17). The van der Waals surface area contributed by atoms with Crippen molar-refractivity contribution in [3.63, 3.8) is 0 Å². The fourth-order valence-corrected chi connectivity index (χ4v) is 1.35. The number of hydrogen-bond donors (Lipinski definition) is 3. The van der Waals surface area contributed by atoms with E-state index in [1.165, 1.54) is 18.2 Å². The molecule has 1 aromatic rings. The largest absolute Gasteiger partial charge is 0.504 e. The van der Waals surface area contributed by atoms with Crippen molar-refractivity contribution in [3.8, 4) is 11.5 Å². The maximum absolute atomic E-state index is 11.7. The molecule has 0 saturated heterocycles. The Hall–Kier alpha value is -1.23. The average Bonchev–Trinajstić information content (AvgIpc) is 2.28. The van der Waals surface area contributed by atoms with Gasteiger partial charge < -0.3 is 15.5 Å². The van der Waals surface area contributed by atoms with Gasteiger partial charge in [-0.1, -0.05) is 29.8 Å². The molecule has 5 heteroatoms. The second-order valence-electron chi connectivity index (χ2n) is 4.17. The summed E-state index contributed by atoms with van der Waals surface area (Å²) in [5, 5.41) is 21.2. The maximum atomic E-state index is 11.7. The van der Waals surface area contributed by atoms with E-state index in [1.807, 2.05) is 0 Å². The zero-order valence-electron chi connectivity index (χ0n) is 9.77. The third-order valence-corrected chi connectivity index (χ3v) is 3.80. The molecule has 0 aliphatic rings. The molecule has 0 radical (unpaired) electrons. The second-order valence-corrected chi connectivity index (χ2v) is 5.35. The molecule has 17 heavy (non-hydrogen) atoms. The number of benzene rings is 1. The van der Waals surface area contributed by atoms with Crippen LogP contribution in [0.15, 0.2) is 18.2 Å². The minimum absolute atomic E-state index is 0.206. The van der Waals surface area contributed by atoms with E-state index in [2.05, 4.69) is 35.1 Å². The third kappa shape index (κ3) is 3.93. The predicted octanol–water partition coefficient (Wildman–Crippen LogP) is 2.25. The molecule has 0 spiro atoms. The Morgan fingerprint density at radius 1 is 1.35 bits per heavy atom. The average molecular weight is 302 g/mol. The van der Waals surface area contributed by atoms with E-state index in [4.69, 9.17) is 5.11 Å². The maximum Gasteiger partial charge on any atom is 0.251 e. The van der Waals surface area contributed by atoms with Gasteiger partial charge in [-0.05, 0) is 24.1 Å². The molecule has 1 atom stereocenters. The molecule has 0 fully saturated rings. The van der Waals surface area contributed by atoms with Gasteiger partial charge >= 0.3 is 0 Å². The lowest BCUT2D eigenvalue weighted by Gasteiger charge is -2.14. The van der Waals surface area contributed by atoms with Gasteiger partial charge in [0.05, 0.1) is 0 Å². The molecule has 0 heterocycles. The summed E-state index contributed by atoms with van der Waals surface area (Å²) in [7, 11) is 0. The molecule has 0 aliphatic heterocycles. The quantitative estimate of drug-likeness (QED) is 0.590. The normalized spacial score (nSPS) is 12.5. The van der Waals surface area contributed by atoms with Crippen LogP contribution in [0.5, 0.6) is 11.5 Å². The SMILES string of the molecule is CC(C)C(Br)CNC(=O)c1ccc(O)c(O)c1. The van der Waals surface area contributed by atoms with Crippen molar-refractivity contribution < 1.29 is 15.0 Å². The van der Waals surface area contributed by atoms with E-state index < -0.39 is 0 Å².